The molecule has 3 unspecified atom stereocenters. The Morgan fingerprint density at radius 2 is 1.61 bits per heavy atom. The summed E-state index contributed by atoms with van der Waals surface area (Å²) < 4.78 is 0. The summed E-state index contributed by atoms with van der Waals surface area (Å²) in [7, 11) is 0. The van der Waals surface area contributed by atoms with E-state index in [0.29, 0.717) is 39.0 Å². The number of halogens is 2. The Bertz CT molecular complexity index is 1510. The highest BCUT2D eigenvalue weighted by Crippen LogP contribution is 2.43. The molecule has 1 aromatic heterocycles. The second-order valence-corrected chi connectivity index (χ2v) is 10.3. The molecule has 0 spiro atoms. The molecular weight excluding hydrogens is 495 g/mol. The second kappa shape index (κ2) is 9.12. The Kier molecular flexibility index (Phi) is 5.78. The van der Waals surface area contributed by atoms with Gasteiger partial charge >= 0.3 is 0 Å². The number of benzene rings is 3. The van der Waals surface area contributed by atoms with Gasteiger partial charge in [-0.05, 0) is 85.3 Å². The number of fused-ring (bicyclic) bond motifs is 3. The molecule has 2 amide bonds. The predicted molar refractivity (Wildman–Crippen MR) is 143 cm³/mol. The van der Waals surface area contributed by atoms with Gasteiger partial charge in [0.25, 0.3) is 5.91 Å². The molecule has 2 aliphatic rings. The average Bonchev–Trinajstić information content (AvgIpc) is 3.59. The highest BCUT2D eigenvalue weighted by molar-refractivity contribution is 6.35. The van der Waals surface area contributed by atoms with E-state index < -0.39 is 0 Å². The van der Waals surface area contributed by atoms with Crippen molar-refractivity contribution in [2.75, 3.05) is 10.6 Å². The summed E-state index contributed by atoms with van der Waals surface area (Å²) >= 11 is 12.0. The number of hydrogen-bond acceptors (Lipinski definition) is 3. The highest BCUT2D eigenvalue weighted by atomic mass is 35.5. The standard InChI is InChI=1S/C28H22Cl2N4O2/c29-19-11-18(12-20(30)13-19)27(35)31-21-5-3-16(4-6-21)26-33-24-8-7-22(14-25(24)34-26)32-28(36)23-10-15-1-2-17(23)9-15/h1-8,11-15,17,23H,9-10H2,(H,31,35)(H,32,36)(H,33,34). The van der Waals surface area contributed by atoms with E-state index in [1.165, 1.54) is 0 Å². The SMILES string of the molecule is O=C(Nc1ccc(-c2nc3ccc(NC(=O)C4CC5C=CC4C5)cc3[nH]2)cc1)c1cc(Cl)cc(Cl)c1. The first-order valence-electron chi connectivity index (χ1n) is 11.8. The van der Waals surface area contributed by atoms with E-state index in [0.717, 1.165) is 35.1 Å². The van der Waals surface area contributed by atoms with Gasteiger partial charge in [0.15, 0.2) is 0 Å². The van der Waals surface area contributed by atoms with Crippen LogP contribution in [0.25, 0.3) is 22.4 Å². The number of imidazole rings is 1. The summed E-state index contributed by atoms with van der Waals surface area (Å²) in [4.78, 5) is 33.3. The Morgan fingerprint density at radius 3 is 2.31 bits per heavy atom. The number of hydrogen-bond donors (Lipinski definition) is 3. The van der Waals surface area contributed by atoms with Crippen molar-refractivity contribution in [1.82, 2.24) is 9.97 Å². The highest BCUT2D eigenvalue weighted by Gasteiger charge is 2.39. The number of aromatic amines is 1. The van der Waals surface area contributed by atoms with Gasteiger partial charge in [-0.15, -0.1) is 0 Å². The molecule has 180 valence electrons. The number of aromatic nitrogens is 2. The number of H-pyrrole nitrogens is 1. The van der Waals surface area contributed by atoms with Crippen LogP contribution >= 0.6 is 23.2 Å². The number of rotatable bonds is 5. The van der Waals surface area contributed by atoms with E-state index in [-0.39, 0.29) is 17.7 Å². The number of nitrogens with zero attached hydrogens (tertiary/aromatic N) is 1. The first-order valence-corrected chi connectivity index (χ1v) is 12.5. The van der Waals surface area contributed by atoms with E-state index in [4.69, 9.17) is 23.2 Å². The first-order chi connectivity index (χ1) is 17.4. The fraction of sp³-hybridized carbons (Fsp3) is 0.179. The van der Waals surface area contributed by atoms with Gasteiger partial charge in [0.2, 0.25) is 5.91 Å². The number of nitrogens with one attached hydrogen (secondary N) is 3. The van der Waals surface area contributed by atoms with E-state index in [1.807, 2.05) is 42.5 Å². The van der Waals surface area contributed by atoms with Crippen LogP contribution in [0.5, 0.6) is 0 Å². The number of carbonyl (C=O) groups is 2. The predicted octanol–water partition coefficient (Wildman–Crippen LogP) is 6.94. The van der Waals surface area contributed by atoms with Gasteiger partial charge in [0.1, 0.15) is 5.82 Å². The molecule has 2 aliphatic carbocycles. The van der Waals surface area contributed by atoms with Crippen LogP contribution in [0.3, 0.4) is 0 Å². The molecule has 3 N–H and O–H groups in total. The van der Waals surface area contributed by atoms with Crippen molar-refractivity contribution >= 4 is 57.4 Å². The van der Waals surface area contributed by atoms with E-state index in [2.05, 4.69) is 32.8 Å². The van der Waals surface area contributed by atoms with Gasteiger partial charge in [-0.2, -0.15) is 0 Å². The molecule has 8 heteroatoms. The van der Waals surface area contributed by atoms with Crippen LogP contribution in [0.1, 0.15) is 23.2 Å². The third-order valence-corrected chi connectivity index (χ3v) is 7.34. The molecular formula is C28H22Cl2N4O2. The van der Waals surface area contributed by atoms with Crippen molar-refractivity contribution in [3.8, 4) is 11.4 Å². The largest absolute Gasteiger partial charge is 0.338 e. The lowest BCUT2D eigenvalue weighted by molar-refractivity contribution is -0.120. The van der Waals surface area contributed by atoms with Crippen LogP contribution in [-0.2, 0) is 4.79 Å². The molecule has 0 aliphatic heterocycles. The van der Waals surface area contributed by atoms with Crippen LogP contribution in [-0.4, -0.2) is 21.8 Å². The molecule has 0 radical (unpaired) electrons. The van der Waals surface area contributed by atoms with Crippen LogP contribution in [0.2, 0.25) is 10.0 Å². The maximum absolute atomic E-state index is 12.8. The van der Waals surface area contributed by atoms with Gasteiger partial charge in [-0.3, -0.25) is 9.59 Å². The van der Waals surface area contributed by atoms with Gasteiger partial charge in [-0.25, -0.2) is 4.98 Å². The Hall–Kier alpha value is -3.61. The number of allylic oxidation sites excluding steroid dienone is 2. The second-order valence-electron chi connectivity index (χ2n) is 9.38. The minimum atomic E-state index is -0.299. The quantitative estimate of drug-likeness (QED) is 0.251. The molecule has 4 aromatic rings. The Labute approximate surface area is 217 Å². The zero-order valence-corrected chi connectivity index (χ0v) is 20.6. The van der Waals surface area contributed by atoms with Crippen molar-refractivity contribution in [2.45, 2.75) is 12.8 Å². The molecule has 3 aromatic carbocycles. The Balaban J connectivity index is 1.15. The molecule has 6 nitrogen and oxygen atoms in total. The zero-order chi connectivity index (χ0) is 24.8. The molecule has 6 rings (SSSR count). The molecule has 2 bridgehead atoms. The maximum atomic E-state index is 12.8. The molecule has 36 heavy (non-hydrogen) atoms. The minimum absolute atomic E-state index is 0.0582. The number of anilines is 2. The van der Waals surface area contributed by atoms with Crippen molar-refractivity contribution < 1.29 is 9.59 Å². The van der Waals surface area contributed by atoms with Gasteiger partial charge in [-0.1, -0.05) is 35.4 Å². The van der Waals surface area contributed by atoms with Crippen molar-refractivity contribution in [3.63, 3.8) is 0 Å². The summed E-state index contributed by atoms with van der Waals surface area (Å²) in [6.45, 7) is 0. The fourth-order valence-electron chi connectivity index (χ4n) is 5.14. The van der Waals surface area contributed by atoms with Crippen molar-refractivity contribution in [1.29, 1.82) is 0 Å². The molecule has 1 heterocycles. The van der Waals surface area contributed by atoms with Crippen LogP contribution in [0.15, 0.2) is 72.8 Å². The monoisotopic (exact) mass is 516 g/mol. The summed E-state index contributed by atoms with van der Waals surface area (Å²) in [5.41, 5.74) is 4.29. The minimum Gasteiger partial charge on any atom is -0.338 e. The maximum Gasteiger partial charge on any atom is 0.255 e. The third kappa shape index (κ3) is 4.50. The van der Waals surface area contributed by atoms with Gasteiger partial charge < -0.3 is 15.6 Å². The lowest BCUT2D eigenvalue weighted by Gasteiger charge is -2.17. The van der Waals surface area contributed by atoms with Crippen molar-refractivity contribution in [2.24, 2.45) is 17.8 Å². The van der Waals surface area contributed by atoms with Crippen LogP contribution < -0.4 is 10.6 Å². The van der Waals surface area contributed by atoms with E-state index in [9.17, 15) is 9.59 Å². The van der Waals surface area contributed by atoms with Crippen LogP contribution in [0, 0.1) is 17.8 Å². The summed E-state index contributed by atoms with van der Waals surface area (Å²) in [5, 5.41) is 6.73. The molecule has 0 saturated heterocycles. The van der Waals surface area contributed by atoms with Gasteiger partial charge in [0, 0.05) is 38.5 Å². The average molecular weight is 517 g/mol. The molecule has 1 saturated carbocycles. The smallest absolute Gasteiger partial charge is 0.255 e. The van der Waals surface area contributed by atoms with E-state index >= 15 is 0 Å². The topological polar surface area (TPSA) is 86.9 Å². The third-order valence-electron chi connectivity index (χ3n) is 6.91. The van der Waals surface area contributed by atoms with Crippen molar-refractivity contribution in [3.05, 3.63) is 88.4 Å². The summed E-state index contributed by atoms with van der Waals surface area (Å²) in [5.74, 6) is 1.47. The molecule has 1 fully saturated rings. The van der Waals surface area contributed by atoms with E-state index in [1.54, 1.807) is 18.2 Å². The first kappa shape index (κ1) is 22.8. The van der Waals surface area contributed by atoms with Gasteiger partial charge in [0.05, 0.1) is 11.0 Å². The lowest BCUT2D eigenvalue weighted by atomic mass is 9.93. The van der Waals surface area contributed by atoms with Crippen LogP contribution in [0.4, 0.5) is 11.4 Å². The Morgan fingerprint density at radius 1 is 0.861 bits per heavy atom. The zero-order valence-electron chi connectivity index (χ0n) is 19.1. The number of amides is 2. The lowest BCUT2D eigenvalue weighted by Crippen LogP contribution is -2.25. The fourth-order valence-corrected chi connectivity index (χ4v) is 5.67. The normalized spacial score (nSPS) is 20.1. The summed E-state index contributed by atoms with van der Waals surface area (Å²) in [6.07, 6.45) is 6.46. The summed E-state index contributed by atoms with van der Waals surface area (Å²) in [6, 6.07) is 17.8. The molecule has 3 atom stereocenters. The number of carbonyl (C=O) groups excluding carboxylic acids is 2.